The Balaban J connectivity index is 1.66. The van der Waals surface area contributed by atoms with E-state index in [-0.39, 0.29) is 12.5 Å². The van der Waals surface area contributed by atoms with Crippen LogP contribution in [-0.4, -0.2) is 31.3 Å². The molecule has 0 aliphatic carbocycles. The summed E-state index contributed by atoms with van der Waals surface area (Å²) in [4.78, 5) is 17.6. The van der Waals surface area contributed by atoms with Crippen molar-refractivity contribution in [1.82, 2.24) is 4.57 Å². The van der Waals surface area contributed by atoms with Gasteiger partial charge in [0.25, 0.3) is 5.91 Å². The second-order valence-corrected chi connectivity index (χ2v) is 8.47. The SMILES string of the molecule is COc1ccccc1Cn1c(-c2ccc3c(c2)NC(=O)CO3)csc1=Nc1ccccc1OC. The van der Waals surface area contributed by atoms with Gasteiger partial charge in [0.2, 0.25) is 0 Å². The molecule has 0 fully saturated rings. The van der Waals surface area contributed by atoms with Gasteiger partial charge in [0, 0.05) is 16.5 Å². The fourth-order valence-electron chi connectivity index (χ4n) is 3.87. The molecule has 8 heteroatoms. The van der Waals surface area contributed by atoms with E-state index in [1.165, 1.54) is 11.3 Å². The van der Waals surface area contributed by atoms with E-state index in [4.69, 9.17) is 19.2 Å². The number of aromatic nitrogens is 1. The molecule has 3 aromatic carbocycles. The van der Waals surface area contributed by atoms with Crippen LogP contribution >= 0.6 is 11.3 Å². The Bertz CT molecular complexity index is 1420. The third-order valence-electron chi connectivity index (χ3n) is 5.53. The molecule has 2 heterocycles. The number of thiazole rings is 1. The fourth-order valence-corrected chi connectivity index (χ4v) is 4.80. The Kier molecular flexibility index (Phi) is 6.05. The first-order valence-electron chi connectivity index (χ1n) is 10.7. The zero-order valence-electron chi connectivity index (χ0n) is 18.8. The van der Waals surface area contributed by atoms with Crippen LogP contribution in [0.5, 0.6) is 17.2 Å². The van der Waals surface area contributed by atoms with Gasteiger partial charge in [-0.2, -0.15) is 0 Å². The molecule has 0 unspecified atom stereocenters. The van der Waals surface area contributed by atoms with E-state index in [2.05, 4.69) is 15.3 Å². The van der Waals surface area contributed by atoms with Crippen LogP contribution in [0.25, 0.3) is 11.3 Å². The second kappa shape index (κ2) is 9.44. The molecule has 7 nitrogen and oxygen atoms in total. The summed E-state index contributed by atoms with van der Waals surface area (Å²) in [7, 11) is 3.31. The van der Waals surface area contributed by atoms with Crippen molar-refractivity contribution in [2.24, 2.45) is 4.99 Å². The number of nitrogens with one attached hydrogen (secondary N) is 1. The summed E-state index contributed by atoms with van der Waals surface area (Å²) >= 11 is 1.54. The lowest BCUT2D eigenvalue weighted by Crippen LogP contribution is -2.25. The van der Waals surface area contributed by atoms with Crippen LogP contribution in [-0.2, 0) is 11.3 Å². The van der Waals surface area contributed by atoms with Gasteiger partial charge in [-0.05, 0) is 36.4 Å². The molecule has 0 saturated heterocycles. The maximum Gasteiger partial charge on any atom is 0.262 e. The molecule has 1 aliphatic heterocycles. The van der Waals surface area contributed by atoms with Crippen LogP contribution in [0.1, 0.15) is 5.56 Å². The molecule has 4 aromatic rings. The van der Waals surface area contributed by atoms with E-state index in [9.17, 15) is 4.79 Å². The highest BCUT2D eigenvalue weighted by Crippen LogP contribution is 2.34. The first-order valence-corrected chi connectivity index (χ1v) is 11.6. The van der Waals surface area contributed by atoms with E-state index in [1.54, 1.807) is 14.2 Å². The molecule has 1 aliphatic rings. The zero-order chi connectivity index (χ0) is 23.5. The number of rotatable bonds is 6. The van der Waals surface area contributed by atoms with Gasteiger partial charge in [0.05, 0.1) is 32.1 Å². The molecule has 1 aromatic heterocycles. The number of ether oxygens (including phenoxy) is 3. The predicted octanol–water partition coefficient (Wildman–Crippen LogP) is 4.85. The number of hydrogen-bond donors (Lipinski definition) is 1. The van der Waals surface area contributed by atoms with Gasteiger partial charge in [-0.3, -0.25) is 4.79 Å². The monoisotopic (exact) mass is 473 g/mol. The normalized spacial score (nSPS) is 13.1. The van der Waals surface area contributed by atoms with Gasteiger partial charge in [-0.25, -0.2) is 4.99 Å². The summed E-state index contributed by atoms with van der Waals surface area (Å²) in [5, 5.41) is 4.96. The van der Waals surface area contributed by atoms with Crippen molar-refractivity contribution in [3.8, 4) is 28.5 Å². The molecular formula is C26H23N3O4S. The number of benzene rings is 3. The highest BCUT2D eigenvalue weighted by Gasteiger charge is 2.18. The molecule has 0 saturated carbocycles. The number of carbonyl (C=O) groups is 1. The lowest BCUT2D eigenvalue weighted by atomic mass is 10.1. The van der Waals surface area contributed by atoms with Gasteiger partial charge >= 0.3 is 0 Å². The largest absolute Gasteiger partial charge is 0.496 e. The van der Waals surface area contributed by atoms with Gasteiger partial charge in [-0.1, -0.05) is 30.3 Å². The number of anilines is 1. The molecule has 0 atom stereocenters. The zero-order valence-corrected chi connectivity index (χ0v) is 19.6. The van der Waals surface area contributed by atoms with Crippen LogP contribution in [0, 0.1) is 0 Å². The van der Waals surface area contributed by atoms with E-state index in [1.807, 2.05) is 66.7 Å². The average Bonchev–Trinajstić information content (AvgIpc) is 3.26. The van der Waals surface area contributed by atoms with Gasteiger partial charge in [-0.15, -0.1) is 11.3 Å². The van der Waals surface area contributed by atoms with Crippen LogP contribution in [0.2, 0.25) is 0 Å². The Morgan fingerprint density at radius 1 is 1.03 bits per heavy atom. The smallest absolute Gasteiger partial charge is 0.262 e. The Morgan fingerprint density at radius 3 is 2.62 bits per heavy atom. The van der Waals surface area contributed by atoms with E-state index in [0.29, 0.717) is 23.7 Å². The first kappa shape index (κ1) is 21.8. The number of fused-ring (bicyclic) bond motifs is 1. The van der Waals surface area contributed by atoms with Crippen molar-refractivity contribution in [2.75, 3.05) is 26.1 Å². The minimum atomic E-state index is -0.163. The number of methoxy groups -OCH3 is 2. The summed E-state index contributed by atoms with van der Waals surface area (Å²) in [5.41, 5.74) is 4.34. The van der Waals surface area contributed by atoms with Gasteiger partial charge < -0.3 is 24.1 Å². The molecule has 34 heavy (non-hydrogen) atoms. The molecule has 172 valence electrons. The quantitative estimate of drug-likeness (QED) is 0.435. The van der Waals surface area contributed by atoms with Crippen molar-refractivity contribution >= 4 is 28.6 Å². The summed E-state index contributed by atoms with van der Waals surface area (Å²) < 4.78 is 18.8. The fraction of sp³-hybridized carbons (Fsp3) is 0.154. The highest BCUT2D eigenvalue weighted by molar-refractivity contribution is 7.07. The number of nitrogens with zero attached hydrogens (tertiary/aromatic N) is 2. The summed E-state index contributed by atoms with van der Waals surface area (Å²) in [6, 6.07) is 21.4. The van der Waals surface area contributed by atoms with Crippen molar-refractivity contribution in [1.29, 1.82) is 0 Å². The van der Waals surface area contributed by atoms with Crippen molar-refractivity contribution in [3.05, 3.63) is 82.5 Å². The minimum absolute atomic E-state index is 0.0283. The standard InChI is InChI=1S/C26H23N3O4S/c1-31-22-9-5-3-7-18(22)14-29-21(17-11-12-24-20(13-17)27-25(30)15-33-24)16-34-26(29)28-19-8-4-6-10-23(19)32-2/h3-13,16H,14-15H2,1-2H3,(H,27,30). The molecule has 1 N–H and O–H groups in total. The van der Waals surface area contributed by atoms with Gasteiger partial charge in [0.1, 0.15) is 22.9 Å². The number of hydrogen-bond acceptors (Lipinski definition) is 6. The van der Waals surface area contributed by atoms with Crippen LogP contribution in [0.4, 0.5) is 11.4 Å². The molecule has 0 radical (unpaired) electrons. The van der Waals surface area contributed by atoms with Crippen LogP contribution < -0.4 is 24.3 Å². The molecule has 5 rings (SSSR count). The molecule has 1 amide bonds. The van der Waals surface area contributed by atoms with E-state index in [0.717, 1.165) is 33.1 Å². The third-order valence-corrected chi connectivity index (χ3v) is 6.39. The summed E-state index contributed by atoms with van der Waals surface area (Å²) in [6.07, 6.45) is 0. The lowest BCUT2D eigenvalue weighted by molar-refractivity contribution is -0.118. The van der Waals surface area contributed by atoms with Crippen molar-refractivity contribution in [2.45, 2.75) is 6.54 Å². The van der Waals surface area contributed by atoms with E-state index >= 15 is 0 Å². The maximum absolute atomic E-state index is 11.8. The van der Waals surface area contributed by atoms with Gasteiger partial charge in [0.15, 0.2) is 11.4 Å². The third kappa shape index (κ3) is 4.27. The Morgan fingerprint density at radius 2 is 1.79 bits per heavy atom. The average molecular weight is 474 g/mol. The number of amides is 1. The van der Waals surface area contributed by atoms with Crippen LogP contribution in [0.3, 0.4) is 0 Å². The molecule has 0 spiro atoms. The van der Waals surface area contributed by atoms with Crippen molar-refractivity contribution < 1.29 is 19.0 Å². The maximum atomic E-state index is 11.8. The first-order chi connectivity index (χ1) is 16.7. The van der Waals surface area contributed by atoms with Crippen LogP contribution in [0.15, 0.2) is 77.1 Å². The van der Waals surface area contributed by atoms with E-state index < -0.39 is 0 Å². The highest BCUT2D eigenvalue weighted by atomic mass is 32.1. The number of carbonyl (C=O) groups excluding carboxylic acids is 1. The minimum Gasteiger partial charge on any atom is -0.496 e. The van der Waals surface area contributed by atoms with Crippen molar-refractivity contribution in [3.63, 3.8) is 0 Å². The topological polar surface area (TPSA) is 74.1 Å². The predicted molar refractivity (Wildman–Crippen MR) is 132 cm³/mol. The lowest BCUT2D eigenvalue weighted by Gasteiger charge is -2.19. The molecule has 0 bridgehead atoms. The number of para-hydroxylation sites is 3. The Hall–Kier alpha value is -4.04. The Labute approximate surface area is 200 Å². The second-order valence-electron chi connectivity index (χ2n) is 7.63. The summed E-state index contributed by atoms with van der Waals surface area (Å²) in [6.45, 7) is 0.581. The molecular weight excluding hydrogens is 450 g/mol. The summed E-state index contributed by atoms with van der Waals surface area (Å²) in [5.74, 6) is 2.01.